The Kier molecular flexibility index (Phi) is 6.09. The van der Waals surface area contributed by atoms with Crippen molar-refractivity contribution in [3.63, 3.8) is 0 Å². The normalized spacial score (nSPS) is 10.6. The van der Waals surface area contributed by atoms with Gasteiger partial charge in [-0.15, -0.1) is 0 Å². The number of aryl methyl sites for hydroxylation is 3. The van der Waals surface area contributed by atoms with E-state index in [2.05, 4.69) is 25.1 Å². The number of anilines is 1. The van der Waals surface area contributed by atoms with Gasteiger partial charge in [0, 0.05) is 23.5 Å². The lowest BCUT2D eigenvalue weighted by molar-refractivity contribution is -0.385. The van der Waals surface area contributed by atoms with Crippen LogP contribution in [0.1, 0.15) is 27.4 Å². The smallest absolute Gasteiger partial charge is 0.343 e. The molecule has 0 saturated heterocycles. The summed E-state index contributed by atoms with van der Waals surface area (Å²) in [5.41, 5.74) is -0.0161. The highest BCUT2D eigenvalue weighted by atomic mass is 16.6. The predicted octanol–water partition coefficient (Wildman–Crippen LogP) is 1.08. The second-order valence-electron chi connectivity index (χ2n) is 6.88. The molecule has 166 valence electrons. The molecule has 0 aliphatic carbocycles. The van der Waals surface area contributed by atoms with Crippen LogP contribution in [-0.2, 0) is 16.1 Å². The molecule has 1 N–H and O–H groups in total. The van der Waals surface area contributed by atoms with Gasteiger partial charge in [-0.3, -0.25) is 24.3 Å². The Bertz CT molecular complexity index is 1270. The summed E-state index contributed by atoms with van der Waals surface area (Å²) in [6, 6.07) is 4.17. The molecule has 0 atom stereocenters. The van der Waals surface area contributed by atoms with Crippen LogP contribution < -0.4 is 10.9 Å². The van der Waals surface area contributed by atoms with Gasteiger partial charge in [-0.25, -0.2) is 14.8 Å². The number of esters is 1. The molecule has 0 spiro atoms. The number of hydrogen-bond acceptors (Lipinski definition) is 9. The van der Waals surface area contributed by atoms with Gasteiger partial charge >= 0.3 is 5.97 Å². The monoisotopic (exact) mass is 441 g/mol. The van der Waals surface area contributed by atoms with Gasteiger partial charge in [0.15, 0.2) is 0 Å². The van der Waals surface area contributed by atoms with E-state index in [4.69, 9.17) is 0 Å². The molecule has 0 aliphatic heterocycles. The van der Waals surface area contributed by atoms with Crippen molar-refractivity contribution < 1.29 is 19.2 Å². The van der Waals surface area contributed by atoms with E-state index in [-0.39, 0.29) is 11.8 Å². The van der Waals surface area contributed by atoms with E-state index in [1.54, 1.807) is 32.9 Å². The van der Waals surface area contributed by atoms with E-state index >= 15 is 0 Å². The van der Waals surface area contributed by atoms with Crippen LogP contribution >= 0.6 is 0 Å². The fraction of sp³-hybridized carbons (Fsp3) is 0.263. The molecule has 0 saturated carbocycles. The van der Waals surface area contributed by atoms with E-state index < -0.39 is 40.2 Å². The molecule has 3 heterocycles. The molecule has 0 unspecified atom stereocenters. The number of nitrogens with zero attached hydrogens (tertiary/aromatic N) is 6. The molecular formula is C19H19N7O6. The molecule has 3 aromatic heterocycles. The molecule has 0 fully saturated rings. The maximum Gasteiger partial charge on any atom is 0.343 e. The van der Waals surface area contributed by atoms with E-state index in [1.807, 2.05) is 0 Å². The highest BCUT2D eigenvalue weighted by Gasteiger charge is 2.21. The highest BCUT2D eigenvalue weighted by molar-refractivity contribution is 5.91. The summed E-state index contributed by atoms with van der Waals surface area (Å²) in [4.78, 5) is 56.0. The SMILES string of the molecule is COC(=O)c1cc([N+](=O)[O-])cn(CC(=O)Nc2cc(C)nn2-c2nc(C)cc(C)n2)c1=O. The molecule has 0 radical (unpaired) electrons. The second kappa shape index (κ2) is 8.75. The van der Waals surface area contributed by atoms with Gasteiger partial charge in [-0.1, -0.05) is 0 Å². The van der Waals surface area contributed by atoms with Crippen LogP contribution in [0.3, 0.4) is 0 Å². The topological polar surface area (TPSA) is 164 Å². The van der Waals surface area contributed by atoms with Crippen LogP contribution in [0.4, 0.5) is 11.5 Å². The van der Waals surface area contributed by atoms with Crippen molar-refractivity contribution in [3.8, 4) is 5.95 Å². The van der Waals surface area contributed by atoms with Crippen LogP contribution in [0.5, 0.6) is 0 Å². The zero-order valence-corrected chi connectivity index (χ0v) is 17.6. The number of ether oxygens (including phenoxy) is 1. The largest absolute Gasteiger partial charge is 0.465 e. The number of nitro groups is 1. The van der Waals surface area contributed by atoms with Crippen molar-refractivity contribution in [1.29, 1.82) is 0 Å². The minimum Gasteiger partial charge on any atom is -0.465 e. The molecule has 3 rings (SSSR count). The van der Waals surface area contributed by atoms with Crippen LogP contribution in [0.15, 0.2) is 29.2 Å². The summed E-state index contributed by atoms with van der Waals surface area (Å²) in [5.74, 6) is -1.25. The number of carbonyl (C=O) groups is 2. The third-order valence-electron chi connectivity index (χ3n) is 4.26. The maximum absolute atomic E-state index is 12.7. The standard InChI is InChI=1S/C19H19N7O6/c1-10-5-11(2)21-19(20-10)25-15(6-12(3)23-25)22-16(27)9-24-8-13(26(30)31)7-14(17(24)28)18(29)32-4/h5-8H,9H2,1-4H3,(H,22,27). The number of methoxy groups -OCH3 is 1. The average molecular weight is 441 g/mol. The van der Waals surface area contributed by atoms with Crippen molar-refractivity contribution in [1.82, 2.24) is 24.3 Å². The Morgan fingerprint density at radius 2 is 1.78 bits per heavy atom. The lowest BCUT2D eigenvalue weighted by Gasteiger charge is -2.10. The Labute approximate surface area is 180 Å². The number of carbonyl (C=O) groups excluding carboxylic acids is 2. The van der Waals surface area contributed by atoms with Crippen LogP contribution in [0.25, 0.3) is 5.95 Å². The molecule has 0 bridgehead atoms. The van der Waals surface area contributed by atoms with E-state index in [1.165, 1.54) is 4.68 Å². The molecule has 13 heteroatoms. The van der Waals surface area contributed by atoms with Crippen LogP contribution in [0.2, 0.25) is 0 Å². The van der Waals surface area contributed by atoms with Gasteiger partial charge < -0.3 is 10.1 Å². The number of amides is 1. The molecule has 3 aromatic rings. The van der Waals surface area contributed by atoms with Crippen LogP contribution in [-0.4, -0.2) is 48.2 Å². The maximum atomic E-state index is 12.7. The zero-order chi connectivity index (χ0) is 23.6. The zero-order valence-electron chi connectivity index (χ0n) is 17.6. The summed E-state index contributed by atoms with van der Waals surface area (Å²) in [5, 5.41) is 18.1. The van der Waals surface area contributed by atoms with Gasteiger partial charge in [0.25, 0.3) is 17.2 Å². The second-order valence-corrected chi connectivity index (χ2v) is 6.88. The summed E-state index contributed by atoms with van der Waals surface area (Å²) >= 11 is 0. The fourth-order valence-electron chi connectivity index (χ4n) is 2.97. The van der Waals surface area contributed by atoms with Gasteiger partial charge in [0.2, 0.25) is 5.91 Å². The third-order valence-corrected chi connectivity index (χ3v) is 4.26. The van der Waals surface area contributed by atoms with E-state index in [9.17, 15) is 24.5 Å². The van der Waals surface area contributed by atoms with Crippen molar-refractivity contribution >= 4 is 23.4 Å². The van der Waals surface area contributed by atoms with Gasteiger partial charge in [0.1, 0.15) is 17.9 Å². The minimum absolute atomic E-state index is 0.240. The van der Waals surface area contributed by atoms with Gasteiger partial charge in [-0.2, -0.15) is 9.78 Å². The summed E-state index contributed by atoms with van der Waals surface area (Å²) < 4.78 is 6.59. The molecular weight excluding hydrogens is 422 g/mol. The lowest BCUT2D eigenvalue weighted by atomic mass is 10.2. The number of pyridine rings is 1. The first-order chi connectivity index (χ1) is 15.1. The molecule has 32 heavy (non-hydrogen) atoms. The summed E-state index contributed by atoms with van der Waals surface area (Å²) in [6.07, 6.45) is 0.879. The quantitative estimate of drug-likeness (QED) is 0.335. The van der Waals surface area contributed by atoms with E-state index in [0.717, 1.165) is 23.9 Å². The molecule has 0 aliphatic rings. The molecule has 13 nitrogen and oxygen atoms in total. The molecule has 0 aromatic carbocycles. The predicted molar refractivity (Wildman–Crippen MR) is 111 cm³/mol. The van der Waals surface area contributed by atoms with Crippen molar-refractivity contribution in [3.05, 3.63) is 67.5 Å². The first-order valence-corrected chi connectivity index (χ1v) is 9.25. The van der Waals surface area contributed by atoms with E-state index in [0.29, 0.717) is 17.1 Å². The Hall–Kier alpha value is -4.42. The first kappa shape index (κ1) is 22.3. The minimum atomic E-state index is -1.05. The third kappa shape index (κ3) is 4.66. The number of nitrogens with one attached hydrogen (secondary N) is 1. The molecule has 1 amide bonds. The van der Waals surface area contributed by atoms with Crippen LogP contribution in [0, 0.1) is 30.9 Å². The Balaban J connectivity index is 1.93. The van der Waals surface area contributed by atoms with Gasteiger partial charge in [-0.05, 0) is 26.8 Å². The summed E-state index contributed by atoms with van der Waals surface area (Å²) in [6.45, 7) is 4.70. The van der Waals surface area contributed by atoms with Gasteiger partial charge in [0.05, 0.1) is 23.9 Å². The van der Waals surface area contributed by atoms with Crippen molar-refractivity contribution in [2.75, 3.05) is 12.4 Å². The fourth-order valence-corrected chi connectivity index (χ4v) is 2.97. The number of rotatable bonds is 6. The average Bonchev–Trinajstić information content (AvgIpc) is 3.07. The summed E-state index contributed by atoms with van der Waals surface area (Å²) in [7, 11) is 1.04. The number of aromatic nitrogens is 5. The van der Waals surface area contributed by atoms with Crippen molar-refractivity contribution in [2.45, 2.75) is 27.3 Å². The Morgan fingerprint density at radius 1 is 1.12 bits per heavy atom. The Morgan fingerprint density at radius 3 is 2.38 bits per heavy atom. The number of hydrogen-bond donors (Lipinski definition) is 1. The first-order valence-electron chi connectivity index (χ1n) is 9.25. The lowest BCUT2D eigenvalue weighted by Crippen LogP contribution is -2.31. The van der Waals surface area contributed by atoms with Crippen molar-refractivity contribution in [2.24, 2.45) is 0 Å². The highest BCUT2D eigenvalue weighted by Crippen LogP contribution is 2.16.